The fourth-order valence-electron chi connectivity index (χ4n) is 3.23. The van der Waals surface area contributed by atoms with Gasteiger partial charge in [0.2, 0.25) is 0 Å². The van der Waals surface area contributed by atoms with Crippen molar-refractivity contribution in [2.75, 3.05) is 5.73 Å². The summed E-state index contributed by atoms with van der Waals surface area (Å²) in [4.78, 5) is 0. The molecule has 0 fully saturated rings. The molecule has 2 nitrogen and oxygen atoms in total. The van der Waals surface area contributed by atoms with Gasteiger partial charge in [0.1, 0.15) is 0 Å². The van der Waals surface area contributed by atoms with Crippen LogP contribution >= 0.6 is 15.9 Å². The first-order valence-corrected chi connectivity index (χ1v) is 7.69. The highest BCUT2D eigenvalue weighted by Gasteiger charge is 2.17. The third kappa shape index (κ3) is 1.77. The molecule has 0 amide bonds. The number of rotatable bonds is 1. The Morgan fingerprint density at radius 1 is 1.15 bits per heavy atom. The molecule has 100 valence electrons. The van der Waals surface area contributed by atoms with Gasteiger partial charge in [0.05, 0.1) is 5.52 Å². The van der Waals surface area contributed by atoms with E-state index >= 15 is 0 Å². The standard InChI is InChI=1S/C17H15BrN2/c18-13-7-12-4-2-6-20-10-16(15(9-13)17(12)20)11-3-1-5-14(19)8-11/h1,3,5,7-10H,2,4,6,19H2. The van der Waals surface area contributed by atoms with Crippen molar-refractivity contribution in [3.63, 3.8) is 0 Å². The van der Waals surface area contributed by atoms with Crippen LogP contribution in [-0.2, 0) is 13.0 Å². The zero-order valence-corrected chi connectivity index (χ0v) is 12.7. The van der Waals surface area contributed by atoms with Crippen molar-refractivity contribution in [2.45, 2.75) is 19.4 Å². The predicted octanol–water partition coefficient (Wildman–Crippen LogP) is 4.60. The molecule has 0 saturated carbocycles. The fraction of sp³-hybridized carbons (Fsp3) is 0.176. The molecular weight excluding hydrogens is 312 g/mol. The van der Waals surface area contributed by atoms with E-state index in [-0.39, 0.29) is 0 Å². The number of nitrogen functional groups attached to an aromatic ring is 1. The zero-order valence-electron chi connectivity index (χ0n) is 11.1. The maximum Gasteiger partial charge on any atom is 0.0520 e. The largest absolute Gasteiger partial charge is 0.399 e. The molecular formula is C17H15BrN2. The Kier molecular flexibility index (Phi) is 2.64. The average Bonchev–Trinajstić information content (AvgIpc) is 2.79. The highest BCUT2D eigenvalue weighted by atomic mass is 79.9. The first kappa shape index (κ1) is 12.0. The molecule has 3 aromatic rings. The van der Waals surface area contributed by atoms with E-state index in [1.807, 2.05) is 12.1 Å². The van der Waals surface area contributed by atoms with Gasteiger partial charge in [-0.25, -0.2) is 0 Å². The fourth-order valence-corrected chi connectivity index (χ4v) is 3.74. The van der Waals surface area contributed by atoms with Gasteiger partial charge in [0.25, 0.3) is 0 Å². The van der Waals surface area contributed by atoms with E-state index in [2.05, 4.69) is 51.0 Å². The molecule has 0 spiro atoms. The minimum atomic E-state index is 0.813. The molecule has 0 radical (unpaired) electrons. The monoisotopic (exact) mass is 326 g/mol. The summed E-state index contributed by atoms with van der Waals surface area (Å²) in [6, 6.07) is 12.6. The molecule has 20 heavy (non-hydrogen) atoms. The number of hydrogen-bond acceptors (Lipinski definition) is 1. The summed E-state index contributed by atoms with van der Waals surface area (Å²) < 4.78 is 3.55. The van der Waals surface area contributed by atoms with E-state index < -0.39 is 0 Å². The first-order chi connectivity index (χ1) is 9.72. The second-order valence-electron chi connectivity index (χ2n) is 5.43. The van der Waals surface area contributed by atoms with Crippen LogP contribution in [0.1, 0.15) is 12.0 Å². The van der Waals surface area contributed by atoms with Crippen LogP contribution in [0, 0.1) is 0 Å². The van der Waals surface area contributed by atoms with E-state index in [0.29, 0.717) is 0 Å². The van der Waals surface area contributed by atoms with E-state index in [9.17, 15) is 0 Å². The van der Waals surface area contributed by atoms with Gasteiger partial charge in [-0.3, -0.25) is 0 Å². The number of hydrogen-bond donors (Lipinski definition) is 1. The van der Waals surface area contributed by atoms with E-state index in [0.717, 1.165) is 23.1 Å². The van der Waals surface area contributed by atoms with Crippen LogP contribution in [0.4, 0.5) is 5.69 Å². The van der Waals surface area contributed by atoms with E-state index in [1.165, 1.54) is 34.0 Å². The van der Waals surface area contributed by atoms with E-state index in [4.69, 9.17) is 5.73 Å². The molecule has 0 unspecified atom stereocenters. The van der Waals surface area contributed by atoms with Gasteiger partial charge >= 0.3 is 0 Å². The lowest BCUT2D eigenvalue weighted by molar-refractivity contribution is 0.636. The lowest BCUT2D eigenvalue weighted by Gasteiger charge is -2.15. The van der Waals surface area contributed by atoms with Crippen molar-refractivity contribution in [2.24, 2.45) is 0 Å². The van der Waals surface area contributed by atoms with Crippen LogP contribution in [0.5, 0.6) is 0 Å². The van der Waals surface area contributed by atoms with Crippen LogP contribution in [0.25, 0.3) is 22.0 Å². The lowest BCUT2D eigenvalue weighted by Crippen LogP contribution is -2.06. The van der Waals surface area contributed by atoms with Crippen molar-refractivity contribution in [1.29, 1.82) is 0 Å². The minimum absolute atomic E-state index is 0.813. The quantitative estimate of drug-likeness (QED) is 0.651. The van der Waals surface area contributed by atoms with E-state index in [1.54, 1.807) is 0 Å². The topological polar surface area (TPSA) is 30.9 Å². The molecule has 2 heterocycles. The molecule has 1 aliphatic heterocycles. The smallest absolute Gasteiger partial charge is 0.0520 e. The second-order valence-corrected chi connectivity index (χ2v) is 6.34. The molecule has 3 heteroatoms. The molecule has 0 bridgehead atoms. The molecule has 0 aliphatic carbocycles. The van der Waals surface area contributed by atoms with Crippen molar-refractivity contribution >= 4 is 32.5 Å². The summed E-state index contributed by atoms with van der Waals surface area (Å²) in [5, 5.41) is 1.32. The van der Waals surface area contributed by atoms with Gasteiger partial charge in [-0.1, -0.05) is 28.1 Å². The maximum absolute atomic E-state index is 5.94. The molecule has 0 saturated heterocycles. The van der Waals surface area contributed by atoms with Gasteiger partial charge in [-0.2, -0.15) is 0 Å². The number of nitrogens with zero attached hydrogens (tertiary/aromatic N) is 1. The van der Waals surface area contributed by atoms with Crippen LogP contribution < -0.4 is 5.73 Å². The Morgan fingerprint density at radius 3 is 2.90 bits per heavy atom. The SMILES string of the molecule is Nc1cccc(-c2cn3c4c(cc(Br)cc24)CCC3)c1. The summed E-state index contributed by atoms with van der Waals surface area (Å²) >= 11 is 3.64. The zero-order chi connectivity index (χ0) is 13.7. The van der Waals surface area contributed by atoms with Crippen LogP contribution in [-0.4, -0.2) is 4.57 Å². The van der Waals surface area contributed by atoms with Crippen molar-refractivity contribution in [3.05, 3.63) is 52.6 Å². The normalized spacial score (nSPS) is 13.8. The number of anilines is 1. The summed E-state index contributed by atoms with van der Waals surface area (Å²) in [7, 11) is 0. The van der Waals surface area contributed by atoms with Gasteiger partial charge in [-0.15, -0.1) is 0 Å². The van der Waals surface area contributed by atoms with Crippen molar-refractivity contribution in [1.82, 2.24) is 4.57 Å². The highest BCUT2D eigenvalue weighted by molar-refractivity contribution is 9.10. The third-order valence-corrected chi connectivity index (χ3v) is 4.52. The minimum Gasteiger partial charge on any atom is -0.399 e. The highest BCUT2D eigenvalue weighted by Crippen LogP contribution is 2.37. The predicted molar refractivity (Wildman–Crippen MR) is 87.8 cm³/mol. The maximum atomic E-state index is 5.94. The molecule has 0 atom stereocenters. The summed E-state index contributed by atoms with van der Waals surface area (Å²) in [5.74, 6) is 0. The van der Waals surface area contributed by atoms with Gasteiger partial charge in [0, 0.05) is 33.9 Å². The second kappa shape index (κ2) is 4.38. The molecule has 2 N–H and O–H groups in total. The molecule has 1 aliphatic rings. The lowest BCUT2D eigenvalue weighted by atomic mass is 10.00. The van der Waals surface area contributed by atoms with Crippen molar-refractivity contribution < 1.29 is 0 Å². The first-order valence-electron chi connectivity index (χ1n) is 6.89. The Balaban J connectivity index is 2.06. The number of aromatic nitrogens is 1. The number of nitrogens with two attached hydrogens (primary N) is 1. The number of halogens is 1. The summed E-state index contributed by atoms with van der Waals surface area (Å²) in [6.45, 7) is 1.10. The van der Waals surface area contributed by atoms with Crippen LogP contribution in [0.2, 0.25) is 0 Å². The molecule has 4 rings (SSSR count). The Labute approximate surface area is 126 Å². The summed E-state index contributed by atoms with van der Waals surface area (Å²) in [5.41, 5.74) is 12.0. The van der Waals surface area contributed by atoms with Gasteiger partial charge < -0.3 is 10.3 Å². The third-order valence-electron chi connectivity index (χ3n) is 4.06. The van der Waals surface area contributed by atoms with Gasteiger partial charge in [-0.05, 0) is 48.2 Å². The molecule has 1 aromatic heterocycles. The number of aryl methyl sites for hydroxylation is 2. The average molecular weight is 327 g/mol. The Hall–Kier alpha value is -1.74. The van der Waals surface area contributed by atoms with Crippen molar-refractivity contribution in [3.8, 4) is 11.1 Å². The van der Waals surface area contributed by atoms with Crippen LogP contribution in [0.3, 0.4) is 0 Å². The molecule has 2 aromatic carbocycles. The van der Waals surface area contributed by atoms with Crippen LogP contribution in [0.15, 0.2) is 47.1 Å². The Bertz CT molecular complexity index is 817. The Morgan fingerprint density at radius 2 is 2.05 bits per heavy atom. The summed E-state index contributed by atoms with van der Waals surface area (Å²) in [6.07, 6.45) is 4.65. The van der Waals surface area contributed by atoms with Gasteiger partial charge in [0.15, 0.2) is 0 Å². The number of benzene rings is 2.